The van der Waals surface area contributed by atoms with Gasteiger partial charge in [0, 0.05) is 0 Å². The third-order valence-corrected chi connectivity index (χ3v) is 3.97. The lowest BCUT2D eigenvalue weighted by atomic mass is 10.2. The van der Waals surface area contributed by atoms with Gasteiger partial charge >= 0.3 is 0 Å². The van der Waals surface area contributed by atoms with Crippen LogP contribution in [-0.2, 0) is 6.54 Å². The normalized spacial score (nSPS) is 11.1. The number of ether oxygens (including phenoxy) is 1. The Bertz CT molecular complexity index is 990. The number of benzene rings is 2. The van der Waals surface area contributed by atoms with Crippen molar-refractivity contribution in [3.05, 3.63) is 72.4 Å². The second-order valence-electron chi connectivity index (χ2n) is 5.41. The van der Waals surface area contributed by atoms with Gasteiger partial charge < -0.3 is 13.7 Å². The summed E-state index contributed by atoms with van der Waals surface area (Å²) in [4.78, 5) is 4.65. The van der Waals surface area contributed by atoms with Gasteiger partial charge in [-0.25, -0.2) is 9.37 Å². The van der Waals surface area contributed by atoms with E-state index < -0.39 is 0 Å². The van der Waals surface area contributed by atoms with E-state index in [9.17, 15) is 4.39 Å². The van der Waals surface area contributed by atoms with Crippen LogP contribution in [0.4, 0.5) is 4.39 Å². The molecule has 0 atom stereocenters. The molecule has 0 amide bonds. The number of furan rings is 1. The number of para-hydroxylation sites is 1. The van der Waals surface area contributed by atoms with Crippen LogP contribution < -0.4 is 4.74 Å². The van der Waals surface area contributed by atoms with Crippen molar-refractivity contribution in [3.8, 4) is 17.1 Å². The number of fused-ring (bicyclic) bond motifs is 1. The highest BCUT2D eigenvalue weighted by atomic mass is 19.1. The lowest BCUT2D eigenvalue weighted by Crippen LogP contribution is -2.02. The molecule has 0 fully saturated rings. The van der Waals surface area contributed by atoms with Crippen LogP contribution in [0.3, 0.4) is 0 Å². The zero-order valence-electron chi connectivity index (χ0n) is 13.1. The summed E-state index contributed by atoms with van der Waals surface area (Å²) in [5, 5.41) is 0. The number of halogens is 1. The molecule has 4 nitrogen and oxygen atoms in total. The number of aromatic nitrogens is 2. The van der Waals surface area contributed by atoms with Crippen LogP contribution in [0.15, 0.2) is 65.3 Å². The molecule has 0 radical (unpaired) electrons. The lowest BCUT2D eigenvalue weighted by molar-refractivity contribution is 0.419. The van der Waals surface area contributed by atoms with Crippen molar-refractivity contribution in [2.75, 3.05) is 7.11 Å². The van der Waals surface area contributed by atoms with Gasteiger partial charge in [0.2, 0.25) is 0 Å². The first-order valence-electron chi connectivity index (χ1n) is 7.58. The van der Waals surface area contributed by atoms with Crippen molar-refractivity contribution in [1.29, 1.82) is 0 Å². The van der Waals surface area contributed by atoms with E-state index >= 15 is 0 Å². The molecular weight excluding hydrogens is 307 g/mol. The van der Waals surface area contributed by atoms with E-state index in [-0.39, 0.29) is 5.82 Å². The van der Waals surface area contributed by atoms with Crippen LogP contribution >= 0.6 is 0 Å². The highest BCUT2D eigenvalue weighted by Crippen LogP contribution is 2.32. The molecule has 2 aromatic heterocycles. The summed E-state index contributed by atoms with van der Waals surface area (Å²) >= 11 is 0. The Morgan fingerprint density at radius 1 is 1.08 bits per heavy atom. The molecule has 0 saturated carbocycles. The first-order valence-corrected chi connectivity index (χ1v) is 7.58. The maximum absolute atomic E-state index is 14.3. The number of rotatable bonds is 4. The molecule has 0 bridgehead atoms. The van der Waals surface area contributed by atoms with E-state index in [1.165, 1.54) is 6.07 Å². The Morgan fingerprint density at radius 2 is 1.96 bits per heavy atom. The molecule has 24 heavy (non-hydrogen) atoms. The standard InChI is InChI=1S/C19H15FN2O2/c1-23-17-10-4-9-16-18(17)21-19(14-7-2-3-8-15(14)20)22(16)12-13-6-5-11-24-13/h2-11H,12H2,1H3. The Hall–Kier alpha value is -3.08. The monoisotopic (exact) mass is 322 g/mol. The predicted molar refractivity (Wildman–Crippen MR) is 89.5 cm³/mol. The van der Waals surface area contributed by atoms with Crippen LogP contribution in [0.5, 0.6) is 5.75 Å². The van der Waals surface area contributed by atoms with Crippen molar-refractivity contribution < 1.29 is 13.5 Å². The summed E-state index contributed by atoms with van der Waals surface area (Å²) < 4.78 is 27.1. The molecule has 5 heteroatoms. The van der Waals surface area contributed by atoms with Crippen molar-refractivity contribution in [2.24, 2.45) is 0 Å². The van der Waals surface area contributed by atoms with E-state index in [1.807, 2.05) is 34.9 Å². The number of nitrogens with zero attached hydrogens (tertiary/aromatic N) is 2. The van der Waals surface area contributed by atoms with Gasteiger partial charge in [-0.15, -0.1) is 0 Å². The largest absolute Gasteiger partial charge is 0.494 e. The fraction of sp³-hybridized carbons (Fsp3) is 0.105. The smallest absolute Gasteiger partial charge is 0.146 e. The van der Waals surface area contributed by atoms with Gasteiger partial charge in [-0.1, -0.05) is 18.2 Å². The van der Waals surface area contributed by atoms with Gasteiger partial charge in [-0.2, -0.15) is 0 Å². The zero-order chi connectivity index (χ0) is 16.5. The van der Waals surface area contributed by atoms with E-state index in [0.29, 0.717) is 29.2 Å². The summed E-state index contributed by atoms with van der Waals surface area (Å²) in [5.41, 5.74) is 2.01. The second kappa shape index (κ2) is 5.85. The Balaban J connectivity index is 1.99. The summed E-state index contributed by atoms with van der Waals surface area (Å²) in [6, 6.07) is 16.0. The third-order valence-electron chi connectivity index (χ3n) is 3.97. The molecule has 0 aliphatic rings. The molecule has 0 aliphatic heterocycles. The quantitative estimate of drug-likeness (QED) is 0.556. The fourth-order valence-corrected chi connectivity index (χ4v) is 2.85. The summed E-state index contributed by atoms with van der Waals surface area (Å²) in [6.45, 7) is 0.459. The first kappa shape index (κ1) is 14.5. The molecule has 2 aromatic carbocycles. The van der Waals surface area contributed by atoms with Crippen molar-refractivity contribution >= 4 is 11.0 Å². The molecule has 0 aliphatic carbocycles. The maximum Gasteiger partial charge on any atom is 0.146 e. The Morgan fingerprint density at radius 3 is 2.71 bits per heavy atom. The van der Waals surface area contributed by atoms with Crippen LogP contribution in [-0.4, -0.2) is 16.7 Å². The van der Waals surface area contributed by atoms with Crippen molar-refractivity contribution in [3.63, 3.8) is 0 Å². The maximum atomic E-state index is 14.3. The molecule has 0 spiro atoms. The first-order chi connectivity index (χ1) is 11.8. The van der Waals surface area contributed by atoms with E-state index in [2.05, 4.69) is 4.98 Å². The van der Waals surface area contributed by atoms with Crippen molar-refractivity contribution in [2.45, 2.75) is 6.54 Å². The third kappa shape index (κ3) is 2.34. The predicted octanol–water partition coefficient (Wildman–Crippen LogP) is 4.49. The van der Waals surface area contributed by atoms with Gasteiger partial charge in [-0.3, -0.25) is 0 Å². The van der Waals surface area contributed by atoms with Crippen LogP contribution in [0.25, 0.3) is 22.4 Å². The minimum Gasteiger partial charge on any atom is -0.494 e. The average Bonchev–Trinajstić information content (AvgIpc) is 3.24. The molecule has 4 aromatic rings. The molecule has 0 unspecified atom stereocenters. The Kier molecular flexibility index (Phi) is 3.54. The molecular formula is C19H15FN2O2. The minimum atomic E-state index is -0.313. The molecule has 120 valence electrons. The topological polar surface area (TPSA) is 40.2 Å². The van der Waals surface area contributed by atoms with Crippen LogP contribution in [0.1, 0.15) is 5.76 Å². The van der Waals surface area contributed by atoms with E-state index in [1.54, 1.807) is 31.6 Å². The van der Waals surface area contributed by atoms with Crippen molar-refractivity contribution in [1.82, 2.24) is 9.55 Å². The lowest BCUT2D eigenvalue weighted by Gasteiger charge is -2.08. The number of hydrogen-bond acceptors (Lipinski definition) is 3. The van der Waals surface area contributed by atoms with Crippen LogP contribution in [0.2, 0.25) is 0 Å². The van der Waals surface area contributed by atoms with Gasteiger partial charge in [0.05, 0.1) is 31.0 Å². The molecule has 2 heterocycles. The molecule has 4 rings (SSSR count). The zero-order valence-corrected chi connectivity index (χ0v) is 13.1. The van der Waals surface area contributed by atoms with Crippen LogP contribution in [0, 0.1) is 5.82 Å². The van der Waals surface area contributed by atoms with E-state index in [4.69, 9.17) is 9.15 Å². The Labute approximate surface area is 138 Å². The molecule has 0 N–H and O–H groups in total. The fourth-order valence-electron chi connectivity index (χ4n) is 2.85. The average molecular weight is 322 g/mol. The van der Waals surface area contributed by atoms with E-state index in [0.717, 1.165) is 11.3 Å². The van der Waals surface area contributed by atoms with Gasteiger partial charge in [0.15, 0.2) is 0 Å². The minimum absolute atomic E-state index is 0.313. The number of hydrogen-bond donors (Lipinski definition) is 0. The van der Waals surface area contributed by atoms with Gasteiger partial charge in [0.25, 0.3) is 0 Å². The summed E-state index contributed by atoms with van der Waals surface area (Å²) in [5.74, 6) is 1.66. The number of imidazole rings is 1. The van der Waals surface area contributed by atoms with Gasteiger partial charge in [0.1, 0.15) is 28.7 Å². The molecule has 0 saturated heterocycles. The second-order valence-corrected chi connectivity index (χ2v) is 5.41. The van der Waals surface area contributed by atoms with Gasteiger partial charge in [-0.05, 0) is 36.4 Å². The highest BCUT2D eigenvalue weighted by Gasteiger charge is 2.18. The summed E-state index contributed by atoms with van der Waals surface area (Å²) in [6.07, 6.45) is 1.62. The summed E-state index contributed by atoms with van der Waals surface area (Å²) in [7, 11) is 1.60. The SMILES string of the molecule is COc1cccc2c1nc(-c1ccccc1F)n2Cc1ccco1. The number of methoxy groups -OCH3 is 1. The highest BCUT2D eigenvalue weighted by molar-refractivity contribution is 5.86.